The second kappa shape index (κ2) is 11.5. The summed E-state index contributed by atoms with van der Waals surface area (Å²) >= 11 is 0.827. The number of amides is 2. The van der Waals surface area contributed by atoms with E-state index < -0.39 is 96.7 Å². The first kappa shape index (κ1) is 33.9. The van der Waals surface area contributed by atoms with E-state index >= 15 is 4.39 Å². The maximum Gasteiger partial charge on any atom is 0.435 e. The highest BCUT2D eigenvalue weighted by Crippen LogP contribution is 2.54. The number of rotatable bonds is 5. The Hall–Kier alpha value is -3.58. The Kier molecular flexibility index (Phi) is 9.06. The molecule has 4 nitrogen and oxygen atoms in total. The highest BCUT2D eigenvalue weighted by molar-refractivity contribution is 14.1. The summed E-state index contributed by atoms with van der Waals surface area (Å²) in [6, 6.07) is 3.50. The molecule has 43 heavy (non-hydrogen) atoms. The van der Waals surface area contributed by atoms with Crippen LogP contribution < -0.4 is 10.2 Å². The third-order valence-corrected chi connectivity index (χ3v) is 6.72. The lowest BCUT2D eigenvalue weighted by molar-refractivity contribution is -0.348. The van der Waals surface area contributed by atoms with Crippen LogP contribution in [0, 0.1) is 21.0 Å². The van der Waals surface area contributed by atoms with Gasteiger partial charge in [0, 0.05) is 21.7 Å². The lowest BCUT2D eigenvalue weighted by Crippen LogP contribution is -2.50. The first-order chi connectivity index (χ1) is 19.5. The van der Waals surface area contributed by atoms with Crippen LogP contribution in [0.4, 0.5) is 68.5 Å². The van der Waals surface area contributed by atoms with Crippen LogP contribution in [0.5, 0.6) is 0 Å². The maximum absolute atomic E-state index is 15.3. The Bertz CT molecular complexity index is 1570. The van der Waals surface area contributed by atoms with Crippen LogP contribution in [0.15, 0.2) is 48.5 Å². The van der Waals surface area contributed by atoms with Crippen molar-refractivity contribution in [1.29, 1.82) is 0 Å². The van der Waals surface area contributed by atoms with E-state index in [0.717, 1.165) is 47.8 Å². The molecule has 3 aromatic rings. The second-order valence-electron chi connectivity index (χ2n) is 8.62. The summed E-state index contributed by atoms with van der Waals surface area (Å²) < 4.78 is 176. The van der Waals surface area contributed by atoms with E-state index in [1.165, 1.54) is 0 Å². The number of nitrogens with zero attached hydrogens (tertiary/aromatic N) is 1. The zero-order chi connectivity index (χ0) is 32.9. The number of halogens is 14. The van der Waals surface area contributed by atoms with Gasteiger partial charge >= 0.3 is 24.2 Å². The Morgan fingerprint density at radius 3 is 1.88 bits per heavy atom. The van der Waals surface area contributed by atoms with E-state index in [1.807, 2.05) is 0 Å². The molecule has 0 aromatic heterocycles. The van der Waals surface area contributed by atoms with Crippen molar-refractivity contribution < 1.29 is 66.7 Å². The third kappa shape index (κ3) is 6.37. The molecular weight excluding hydrogens is 734 g/mol. The van der Waals surface area contributed by atoms with Gasteiger partial charge in [-0.05, 0) is 65.1 Å². The van der Waals surface area contributed by atoms with Crippen LogP contribution in [-0.2, 0) is 11.8 Å². The summed E-state index contributed by atoms with van der Waals surface area (Å²) in [5.74, 6) is -7.11. The number of anilines is 2. The fourth-order valence-corrected chi connectivity index (χ4v) is 4.47. The predicted molar refractivity (Wildman–Crippen MR) is 133 cm³/mol. The lowest BCUT2D eigenvalue weighted by Gasteiger charge is -2.31. The van der Waals surface area contributed by atoms with Crippen molar-refractivity contribution in [3.63, 3.8) is 0 Å². The van der Waals surface area contributed by atoms with Gasteiger partial charge in [0.2, 0.25) is 0 Å². The standard InChI is InChI=1S/C25H12F13IN2O2/c1-41(21(43)10-5-6-14(26)15(27)7-10)17-4-2-3-12(18(17)28)20(42)40-19-13(23(30,31)32)8-11(9-16(19)39)22(29,24(33,34)35)25(36,37)38/h2-9H,1H3,(H,40,42). The molecule has 0 saturated heterocycles. The SMILES string of the molecule is CN(C(=O)c1ccc(F)c(F)c1)c1cccc(C(=O)Nc2c(I)cc(C(F)(C(F)(F)F)C(F)(F)F)cc2C(F)(F)F)c1F. The molecule has 0 aliphatic rings. The molecule has 1 N–H and O–H groups in total. The molecule has 232 valence electrons. The summed E-state index contributed by atoms with van der Waals surface area (Å²) in [4.78, 5) is 26.0. The smallest absolute Gasteiger partial charge is 0.320 e. The normalized spacial score (nSPS) is 12.7. The van der Waals surface area contributed by atoms with Gasteiger partial charge in [-0.2, -0.15) is 39.5 Å². The summed E-state index contributed by atoms with van der Waals surface area (Å²) in [5, 5.41) is 1.55. The first-order valence-corrected chi connectivity index (χ1v) is 12.2. The van der Waals surface area contributed by atoms with Crippen LogP contribution in [0.2, 0.25) is 0 Å². The van der Waals surface area contributed by atoms with Gasteiger partial charge in [0.25, 0.3) is 11.8 Å². The van der Waals surface area contributed by atoms with E-state index in [2.05, 4.69) is 0 Å². The number of alkyl halides is 10. The van der Waals surface area contributed by atoms with Crippen molar-refractivity contribution in [2.75, 3.05) is 17.3 Å². The monoisotopic (exact) mass is 746 g/mol. The molecule has 0 atom stereocenters. The van der Waals surface area contributed by atoms with E-state index in [9.17, 15) is 62.3 Å². The Balaban J connectivity index is 2.07. The van der Waals surface area contributed by atoms with Gasteiger partial charge in [0.05, 0.1) is 22.5 Å². The fourth-order valence-electron chi connectivity index (χ4n) is 3.71. The van der Waals surface area contributed by atoms with Crippen molar-refractivity contribution in [3.8, 4) is 0 Å². The minimum Gasteiger partial charge on any atom is -0.320 e. The van der Waals surface area contributed by atoms with Gasteiger partial charge < -0.3 is 10.2 Å². The van der Waals surface area contributed by atoms with E-state index in [1.54, 1.807) is 5.32 Å². The molecule has 0 bridgehead atoms. The number of hydrogen-bond donors (Lipinski definition) is 1. The van der Waals surface area contributed by atoms with Crippen LogP contribution >= 0.6 is 22.6 Å². The fraction of sp³-hybridized carbons (Fsp3) is 0.200. The maximum atomic E-state index is 15.3. The molecule has 0 aliphatic carbocycles. The Labute approximate surface area is 245 Å². The van der Waals surface area contributed by atoms with Crippen LogP contribution in [0.25, 0.3) is 0 Å². The summed E-state index contributed by atoms with van der Waals surface area (Å²) in [6.07, 6.45) is -19.2. The minimum atomic E-state index is -6.74. The number of benzene rings is 3. The molecule has 0 aliphatic heterocycles. The highest BCUT2D eigenvalue weighted by atomic mass is 127. The average molecular weight is 746 g/mol. The second-order valence-corrected chi connectivity index (χ2v) is 9.78. The molecule has 3 rings (SSSR count). The van der Waals surface area contributed by atoms with E-state index in [0.29, 0.717) is 23.1 Å². The number of nitrogens with one attached hydrogen (secondary N) is 1. The summed E-state index contributed by atoms with van der Waals surface area (Å²) in [5.41, 5.74) is -14.7. The average Bonchev–Trinajstić information content (AvgIpc) is 2.88. The molecule has 0 fully saturated rings. The Morgan fingerprint density at radius 2 is 1.37 bits per heavy atom. The molecule has 0 spiro atoms. The Morgan fingerprint density at radius 1 is 0.791 bits per heavy atom. The number of carbonyl (C=O) groups is 2. The summed E-state index contributed by atoms with van der Waals surface area (Å²) in [6.45, 7) is 0. The summed E-state index contributed by atoms with van der Waals surface area (Å²) in [7, 11) is 0.942. The van der Waals surface area contributed by atoms with Gasteiger partial charge in [-0.1, -0.05) is 6.07 Å². The quantitative estimate of drug-likeness (QED) is 0.210. The molecule has 3 aromatic carbocycles. The molecule has 0 heterocycles. The highest BCUT2D eigenvalue weighted by Gasteiger charge is 2.73. The van der Waals surface area contributed by atoms with E-state index in [4.69, 9.17) is 0 Å². The molecule has 18 heteroatoms. The largest absolute Gasteiger partial charge is 0.435 e. The number of hydrogen-bond acceptors (Lipinski definition) is 2. The predicted octanol–water partition coefficient (Wildman–Crippen LogP) is 8.55. The van der Waals surface area contributed by atoms with Crippen LogP contribution in [0.3, 0.4) is 0 Å². The molecule has 0 unspecified atom stereocenters. The van der Waals surface area contributed by atoms with Gasteiger partial charge in [0.15, 0.2) is 17.5 Å². The lowest BCUT2D eigenvalue weighted by atomic mass is 9.92. The topological polar surface area (TPSA) is 49.4 Å². The van der Waals surface area contributed by atoms with Crippen LogP contribution in [0.1, 0.15) is 31.8 Å². The zero-order valence-electron chi connectivity index (χ0n) is 20.7. The molecule has 0 radical (unpaired) electrons. The molecule has 2 amide bonds. The zero-order valence-corrected chi connectivity index (χ0v) is 22.8. The number of carbonyl (C=O) groups excluding carboxylic acids is 2. The molecular formula is C25H12F13IN2O2. The third-order valence-electron chi connectivity index (χ3n) is 5.87. The van der Waals surface area contributed by atoms with Crippen molar-refractivity contribution in [1.82, 2.24) is 0 Å². The van der Waals surface area contributed by atoms with Crippen molar-refractivity contribution in [2.24, 2.45) is 0 Å². The first-order valence-electron chi connectivity index (χ1n) is 11.1. The minimum absolute atomic E-state index is 0.215. The van der Waals surface area contributed by atoms with Gasteiger partial charge in [-0.3, -0.25) is 9.59 Å². The van der Waals surface area contributed by atoms with Crippen molar-refractivity contribution in [3.05, 3.63) is 91.8 Å². The van der Waals surface area contributed by atoms with Crippen molar-refractivity contribution in [2.45, 2.75) is 24.2 Å². The van der Waals surface area contributed by atoms with Gasteiger partial charge in [-0.15, -0.1) is 0 Å². The van der Waals surface area contributed by atoms with Gasteiger partial charge in [0.1, 0.15) is 0 Å². The van der Waals surface area contributed by atoms with Crippen LogP contribution in [-0.4, -0.2) is 31.2 Å². The van der Waals surface area contributed by atoms with E-state index in [-0.39, 0.29) is 6.07 Å². The van der Waals surface area contributed by atoms with Gasteiger partial charge in [-0.25, -0.2) is 17.6 Å². The molecule has 0 saturated carbocycles. The van der Waals surface area contributed by atoms with Crippen molar-refractivity contribution >= 4 is 45.8 Å².